The number of ether oxygens (including phenoxy) is 1. The van der Waals surface area contributed by atoms with Crippen molar-refractivity contribution in [2.45, 2.75) is 37.2 Å². The van der Waals surface area contributed by atoms with Crippen molar-refractivity contribution in [2.75, 3.05) is 46.4 Å². The number of piperazine rings is 1. The Morgan fingerprint density at radius 1 is 1.03 bits per heavy atom. The largest absolute Gasteiger partial charge is 0.383 e. The summed E-state index contributed by atoms with van der Waals surface area (Å²) in [4.78, 5) is 17.7. The fourth-order valence-corrected chi connectivity index (χ4v) is 5.56. The Bertz CT molecular complexity index is 1100. The normalized spacial score (nSPS) is 15.3. The third kappa shape index (κ3) is 6.31. The van der Waals surface area contributed by atoms with Crippen molar-refractivity contribution in [3.63, 3.8) is 0 Å². The summed E-state index contributed by atoms with van der Waals surface area (Å²) in [6.45, 7) is 9.32. The molecule has 35 heavy (non-hydrogen) atoms. The molecule has 0 unspecified atom stereocenters. The monoisotopic (exact) mass is 493 g/mol. The third-order valence-corrected chi connectivity index (χ3v) is 7.49. The molecule has 186 valence electrons. The molecule has 2 aromatic carbocycles. The van der Waals surface area contributed by atoms with E-state index in [9.17, 15) is 4.79 Å². The highest BCUT2D eigenvalue weighted by molar-refractivity contribution is 7.98. The van der Waals surface area contributed by atoms with Crippen LogP contribution in [0.15, 0.2) is 59.8 Å². The van der Waals surface area contributed by atoms with E-state index in [0.717, 1.165) is 54.8 Å². The fraction of sp³-hybridized carbons (Fsp3) is 0.444. The summed E-state index contributed by atoms with van der Waals surface area (Å²) in [7, 11) is 1.72. The highest BCUT2D eigenvalue weighted by atomic mass is 32.2. The first-order chi connectivity index (χ1) is 17.1. The molecule has 1 atom stereocenters. The van der Waals surface area contributed by atoms with Gasteiger partial charge in [-0.3, -0.25) is 4.79 Å². The van der Waals surface area contributed by atoms with Gasteiger partial charge in [-0.1, -0.05) is 67.2 Å². The van der Waals surface area contributed by atoms with Gasteiger partial charge in [-0.05, 0) is 30.7 Å². The molecule has 1 aliphatic heterocycles. The zero-order chi connectivity index (χ0) is 24.6. The van der Waals surface area contributed by atoms with Crippen molar-refractivity contribution in [3.8, 4) is 0 Å². The predicted molar refractivity (Wildman–Crippen MR) is 140 cm³/mol. The Balaban J connectivity index is 1.51. The summed E-state index contributed by atoms with van der Waals surface area (Å²) in [6, 6.07) is 18.4. The summed E-state index contributed by atoms with van der Waals surface area (Å²) >= 11 is 1.62. The smallest absolute Gasteiger partial charge is 0.254 e. The van der Waals surface area contributed by atoms with E-state index in [-0.39, 0.29) is 11.9 Å². The van der Waals surface area contributed by atoms with E-state index in [0.29, 0.717) is 18.8 Å². The number of benzene rings is 2. The molecular weight excluding hydrogens is 458 g/mol. The molecule has 0 aliphatic carbocycles. The van der Waals surface area contributed by atoms with E-state index in [4.69, 9.17) is 4.74 Å². The number of amides is 1. The van der Waals surface area contributed by atoms with Crippen LogP contribution in [0.3, 0.4) is 0 Å². The first-order valence-corrected chi connectivity index (χ1v) is 13.3. The molecule has 8 heteroatoms. The molecule has 0 radical (unpaired) electrons. The Labute approximate surface area is 212 Å². The molecule has 0 N–H and O–H groups in total. The van der Waals surface area contributed by atoms with Crippen LogP contribution in [0.5, 0.6) is 0 Å². The molecule has 1 aliphatic rings. The maximum absolute atomic E-state index is 13.3. The van der Waals surface area contributed by atoms with Crippen molar-refractivity contribution >= 4 is 17.7 Å². The quantitative estimate of drug-likeness (QED) is 0.396. The lowest BCUT2D eigenvalue weighted by atomic mass is 10.1. The van der Waals surface area contributed by atoms with Gasteiger partial charge in [0.05, 0.1) is 12.6 Å². The lowest BCUT2D eigenvalue weighted by Gasteiger charge is -2.34. The zero-order valence-corrected chi connectivity index (χ0v) is 21.7. The third-order valence-electron chi connectivity index (χ3n) is 6.50. The van der Waals surface area contributed by atoms with Gasteiger partial charge in [0.2, 0.25) is 0 Å². The minimum atomic E-state index is 0.1000. The molecule has 3 aromatic rings. The number of hydrogen-bond acceptors (Lipinski definition) is 6. The number of rotatable bonds is 10. The summed E-state index contributed by atoms with van der Waals surface area (Å²) in [5.74, 6) is 1.69. The van der Waals surface area contributed by atoms with E-state index in [1.54, 1.807) is 18.9 Å². The number of methoxy groups -OCH3 is 1. The maximum Gasteiger partial charge on any atom is 0.254 e. The van der Waals surface area contributed by atoms with E-state index in [1.807, 2.05) is 47.4 Å². The molecular formula is C27H35N5O2S. The van der Waals surface area contributed by atoms with Gasteiger partial charge in [-0.25, -0.2) is 0 Å². The number of thioether (sulfide) groups is 1. The Hall–Kier alpha value is -2.68. The van der Waals surface area contributed by atoms with Crippen LogP contribution in [-0.4, -0.2) is 76.9 Å². The van der Waals surface area contributed by atoms with Gasteiger partial charge < -0.3 is 19.1 Å². The number of hydrogen-bond donors (Lipinski definition) is 0. The van der Waals surface area contributed by atoms with Crippen LogP contribution in [-0.2, 0) is 16.9 Å². The zero-order valence-electron chi connectivity index (χ0n) is 20.9. The lowest BCUT2D eigenvalue weighted by molar-refractivity contribution is 0.0642. The second kappa shape index (κ2) is 12.3. The molecule has 1 aromatic heterocycles. The summed E-state index contributed by atoms with van der Waals surface area (Å²) in [6.07, 6.45) is 0.710. The Morgan fingerprint density at radius 3 is 2.46 bits per heavy atom. The summed E-state index contributed by atoms with van der Waals surface area (Å²) in [5.41, 5.74) is 3.01. The first kappa shape index (κ1) is 25.4. The molecule has 0 saturated carbocycles. The molecule has 4 rings (SSSR count). The van der Waals surface area contributed by atoms with Gasteiger partial charge in [-0.15, -0.1) is 10.2 Å². The van der Waals surface area contributed by atoms with Crippen LogP contribution >= 0.6 is 11.8 Å². The Kier molecular flexibility index (Phi) is 8.95. The average Bonchev–Trinajstić information content (AvgIpc) is 3.30. The van der Waals surface area contributed by atoms with Crippen LogP contribution in [0.25, 0.3) is 0 Å². The maximum atomic E-state index is 13.3. The van der Waals surface area contributed by atoms with Crippen molar-refractivity contribution < 1.29 is 9.53 Å². The molecule has 1 amide bonds. The number of carbonyl (C=O) groups excluding carboxylic acids is 1. The highest BCUT2D eigenvalue weighted by Gasteiger charge is 2.24. The molecule has 2 heterocycles. The number of likely N-dealkylation sites (N-methyl/N-ethyl adjacent to an activating group) is 1. The lowest BCUT2D eigenvalue weighted by Crippen LogP contribution is -2.48. The molecule has 1 fully saturated rings. The minimum Gasteiger partial charge on any atom is -0.383 e. The molecule has 7 nitrogen and oxygen atoms in total. The van der Waals surface area contributed by atoms with Gasteiger partial charge in [0, 0.05) is 51.0 Å². The van der Waals surface area contributed by atoms with Crippen molar-refractivity contribution in [2.24, 2.45) is 0 Å². The Morgan fingerprint density at radius 2 is 1.74 bits per heavy atom. The van der Waals surface area contributed by atoms with Crippen LogP contribution in [0.1, 0.15) is 47.2 Å². The molecule has 1 saturated heterocycles. The van der Waals surface area contributed by atoms with Gasteiger partial charge >= 0.3 is 0 Å². The SMILES string of the molecule is CCN1CCN(C(=O)c2ccccc2CSc2nnc(Cc3ccccc3)n2[C@H](C)COC)CC1. The second-order valence-corrected chi connectivity index (χ2v) is 9.85. The standard InChI is InChI=1S/C27H35N5O2S/c1-4-30-14-16-31(17-15-30)26(33)24-13-9-8-12-23(24)20-35-27-29-28-25(32(27)21(2)19-34-3)18-22-10-6-5-7-11-22/h5-13,21H,4,14-20H2,1-3H3/t21-/m1/s1. The average molecular weight is 494 g/mol. The van der Waals surface area contributed by atoms with E-state index >= 15 is 0 Å². The van der Waals surface area contributed by atoms with Gasteiger partial charge in [-0.2, -0.15) is 0 Å². The second-order valence-electron chi connectivity index (χ2n) is 8.91. The van der Waals surface area contributed by atoms with E-state index in [2.05, 4.69) is 45.6 Å². The van der Waals surface area contributed by atoms with Crippen LogP contribution in [0.4, 0.5) is 0 Å². The van der Waals surface area contributed by atoms with Crippen LogP contribution in [0.2, 0.25) is 0 Å². The van der Waals surface area contributed by atoms with E-state index < -0.39 is 0 Å². The highest BCUT2D eigenvalue weighted by Crippen LogP contribution is 2.28. The number of aromatic nitrogens is 3. The van der Waals surface area contributed by atoms with Crippen molar-refractivity contribution in [3.05, 3.63) is 77.1 Å². The summed E-state index contributed by atoms with van der Waals surface area (Å²) < 4.78 is 7.62. The fourth-order valence-electron chi connectivity index (χ4n) is 4.50. The van der Waals surface area contributed by atoms with Gasteiger partial charge in [0.1, 0.15) is 5.82 Å². The van der Waals surface area contributed by atoms with Crippen molar-refractivity contribution in [1.29, 1.82) is 0 Å². The molecule has 0 spiro atoms. The van der Waals surface area contributed by atoms with Gasteiger partial charge in [0.15, 0.2) is 5.16 Å². The van der Waals surface area contributed by atoms with E-state index in [1.165, 1.54) is 5.56 Å². The summed E-state index contributed by atoms with van der Waals surface area (Å²) in [5, 5.41) is 9.91. The van der Waals surface area contributed by atoms with Crippen LogP contribution in [0, 0.1) is 0 Å². The minimum absolute atomic E-state index is 0.1000. The first-order valence-electron chi connectivity index (χ1n) is 12.3. The topological polar surface area (TPSA) is 63.5 Å². The number of carbonyl (C=O) groups is 1. The molecule has 0 bridgehead atoms. The van der Waals surface area contributed by atoms with Crippen LogP contribution < -0.4 is 0 Å². The van der Waals surface area contributed by atoms with Crippen molar-refractivity contribution in [1.82, 2.24) is 24.6 Å². The number of nitrogens with zero attached hydrogens (tertiary/aromatic N) is 5. The van der Waals surface area contributed by atoms with Gasteiger partial charge in [0.25, 0.3) is 5.91 Å². The predicted octanol–water partition coefficient (Wildman–Crippen LogP) is 4.15.